The smallest absolute Gasteiger partial charge is 0.246 e. The van der Waals surface area contributed by atoms with Crippen LogP contribution in [0.15, 0.2) is 0 Å². The highest BCUT2D eigenvalue weighted by atomic mass is 31.1. The van der Waals surface area contributed by atoms with Gasteiger partial charge in [-0.05, 0) is 6.42 Å². The minimum absolute atomic E-state index is 0.0434. The quantitative estimate of drug-likeness (QED) is 0.347. The van der Waals surface area contributed by atoms with E-state index in [4.69, 9.17) is 0 Å². The van der Waals surface area contributed by atoms with E-state index in [0.717, 1.165) is 12.8 Å². The molecule has 0 spiro atoms. The van der Waals surface area contributed by atoms with Crippen molar-refractivity contribution in [2.24, 2.45) is 0 Å². The van der Waals surface area contributed by atoms with Gasteiger partial charge in [0.2, 0.25) is 8.46 Å². The molecular formula is C8H13OP. The lowest BCUT2D eigenvalue weighted by molar-refractivity contribution is 0.603. The molecule has 0 heterocycles. The van der Waals surface area contributed by atoms with Gasteiger partial charge in [0.25, 0.3) is 0 Å². The molecule has 0 aromatic carbocycles. The van der Waals surface area contributed by atoms with Crippen molar-refractivity contribution in [3.8, 4) is 11.6 Å². The second-order valence-corrected chi connectivity index (χ2v) is 2.60. The Labute approximate surface area is 64.4 Å². The lowest BCUT2D eigenvalue weighted by Gasteiger charge is -1.90. The third kappa shape index (κ3) is 7.66. The number of rotatable bonds is 4. The summed E-state index contributed by atoms with van der Waals surface area (Å²) >= 11 is 0. The van der Waals surface area contributed by atoms with Crippen LogP contribution in [-0.4, -0.2) is 0 Å². The zero-order chi connectivity index (χ0) is 7.66. The molecule has 0 aliphatic heterocycles. The van der Waals surface area contributed by atoms with Gasteiger partial charge in [0, 0.05) is 12.1 Å². The summed E-state index contributed by atoms with van der Waals surface area (Å²) in [6.45, 7) is 2.18. The maximum atomic E-state index is 9.82. The highest BCUT2D eigenvalue weighted by Crippen LogP contribution is 2.01. The Kier molecular flexibility index (Phi) is 8.37. The molecule has 0 aliphatic carbocycles. The Morgan fingerprint density at radius 3 is 2.70 bits per heavy atom. The lowest BCUT2D eigenvalue weighted by Crippen LogP contribution is -1.72. The monoisotopic (exact) mass is 156 g/mol. The van der Waals surface area contributed by atoms with Crippen LogP contribution in [-0.2, 0) is 4.57 Å². The fourth-order valence-electron chi connectivity index (χ4n) is 0.728. The average molecular weight is 156 g/mol. The molecule has 0 aliphatic rings. The molecular weight excluding hydrogens is 143 g/mol. The van der Waals surface area contributed by atoms with E-state index < -0.39 is 0 Å². The van der Waals surface area contributed by atoms with Gasteiger partial charge in [0.05, 0.1) is 0 Å². The Hall–Kier alpha value is -0.340. The second kappa shape index (κ2) is 8.66. The summed E-state index contributed by atoms with van der Waals surface area (Å²) in [5, 5.41) is 0. The SMILES string of the molecule is CCCCCCC#CP=O. The summed E-state index contributed by atoms with van der Waals surface area (Å²) in [5.74, 6) is 2.82. The van der Waals surface area contributed by atoms with Crippen LogP contribution in [0.4, 0.5) is 0 Å². The van der Waals surface area contributed by atoms with Gasteiger partial charge in [0.1, 0.15) is 0 Å². The first-order chi connectivity index (χ1) is 4.91. The number of unbranched alkanes of at least 4 members (excludes halogenated alkanes) is 4. The highest BCUT2D eigenvalue weighted by molar-refractivity contribution is 7.30. The Morgan fingerprint density at radius 1 is 1.30 bits per heavy atom. The van der Waals surface area contributed by atoms with Crippen LogP contribution in [0.2, 0.25) is 0 Å². The minimum atomic E-state index is -0.0434. The van der Waals surface area contributed by atoms with Gasteiger partial charge >= 0.3 is 0 Å². The van der Waals surface area contributed by atoms with E-state index in [0.29, 0.717) is 0 Å². The van der Waals surface area contributed by atoms with E-state index in [2.05, 4.69) is 18.5 Å². The van der Waals surface area contributed by atoms with Gasteiger partial charge in [-0.3, -0.25) is 4.57 Å². The molecule has 0 radical (unpaired) electrons. The van der Waals surface area contributed by atoms with Crippen LogP contribution in [0, 0.1) is 11.6 Å². The molecule has 0 atom stereocenters. The van der Waals surface area contributed by atoms with Crippen molar-refractivity contribution in [2.75, 3.05) is 0 Å². The van der Waals surface area contributed by atoms with Crippen molar-refractivity contribution in [1.82, 2.24) is 0 Å². The topological polar surface area (TPSA) is 17.1 Å². The van der Waals surface area contributed by atoms with Crippen LogP contribution in [0.5, 0.6) is 0 Å². The maximum Gasteiger partial charge on any atom is 0.246 e. The van der Waals surface area contributed by atoms with Crippen LogP contribution < -0.4 is 0 Å². The van der Waals surface area contributed by atoms with Crippen molar-refractivity contribution < 1.29 is 4.57 Å². The highest BCUT2D eigenvalue weighted by Gasteiger charge is 1.82. The van der Waals surface area contributed by atoms with E-state index in [9.17, 15) is 4.57 Å². The van der Waals surface area contributed by atoms with Crippen molar-refractivity contribution in [1.29, 1.82) is 0 Å². The Morgan fingerprint density at radius 2 is 2.10 bits per heavy atom. The van der Waals surface area contributed by atoms with Crippen molar-refractivity contribution in [2.45, 2.75) is 39.0 Å². The molecule has 0 bridgehead atoms. The second-order valence-electron chi connectivity index (χ2n) is 2.19. The molecule has 0 aromatic heterocycles. The van der Waals surface area contributed by atoms with Crippen molar-refractivity contribution >= 4 is 8.46 Å². The lowest BCUT2D eigenvalue weighted by atomic mass is 10.2. The molecule has 0 saturated carbocycles. The fraction of sp³-hybridized carbons (Fsp3) is 0.750. The summed E-state index contributed by atoms with van der Waals surface area (Å²) in [6.07, 6.45) is 5.84. The summed E-state index contributed by atoms with van der Waals surface area (Å²) in [4.78, 5) is 0. The van der Waals surface area contributed by atoms with Crippen LogP contribution in [0.25, 0.3) is 0 Å². The summed E-state index contributed by atoms with van der Waals surface area (Å²) in [5.41, 5.74) is 2.49. The fourth-order valence-corrected chi connectivity index (χ4v) is 0.905. The number of hydrogen-bond donors (Lipinski definition) is 0. The molecule has 0 fully saturated rings. The van der Waals surface area contributed by atoms with E-state index in [1.807, 2.05) is 0 Å². The standard InChI is InChI=1S/C8H13OP/c1-2-3-4-5-6-7-8-10-9/h2-6H2,1H3. The third-order valence-corrected chi connectivity index (χ3v) is 1.53. The van der Waals surface area contributed by atoms with E-state index >= 15 is 0 Å². The van der Waals surface area contributed by atoms with Gasteiger partial charge in [-0.2, -0.15) is 0 Å². The van der Waals surface area contributed by atoms with Crippen molar-refractivity contribution in [3.05, 3.63) is 0 Å². The first kappa shape index (κ1) is 9.66. The van der Waals surface area contributed by atoms with Crippen LogP contribution >= 0.6 is 8.46 Å². The molecule has 2 heteroatoms. The van der Waals surface area contributed by atoms with Crippen LogP contribution in [0.3, 0.4) is 0 Å². The predicted octanol–water partition coefficient (Wildman–Crippen LogP) is 3.21. The molecule has 0 rings (SSSR count). The molecule has 0 amide bonds. The zero-order valence-corrected chi connectivity index (χ0v) is 7.29. The van der Waals surface area contributed by atoms with E-state index in [-0.39, 0.29) is 8.46 Å². The average Bonchev–Trinajstić information content (AvgIpc) is 1.97. The molecule has 56 valence electrons. The van der Waals surface area contributed by atoms with Crippen molar-refractivity contribution in [3.63, 3.8) is 0 Å². The maximum absolute atomic E-state index is 9.82. The summed E-state index contributed by atoms with van der Waals surface area (Å²) in [7, 11) is -0.0434. The normalized spacial score (nSPS) is 8.90. The predicted molar refractivity (Wildman–Crippen MR) is 44.1 cm³/mol. The first-order valence-electron chi connectivity index (χ1n) is 3.72. The van der Waals surface area contributed by atoms with Gasteiger partial charge < -0.3 is 0 Å². The Bertz CT molecular complexity index is 132. The largest absolute Gasteiger partial charge is 0.260 e. The molecule has 1 nitrogen and oxygen atoms in total. The van der Waals surface area contributed by atoms with Gasteiger partial charge in [-0.1, -0.05) is 32.1 Å². The third-order valence-electron chi connectivity index (χ3n) is 1.28. The summed E-state index contributed by atoms with van der Waals surface area (Å²) < 4.78 is 9.82. The van der Waals surface area contributed by atoms with E-state index in [1.165, 1.54) is 19.3 Å². The minimum Gasteiger partial charge on any atom is -0.260 e. The number of hydrogen-bond acceptors (Lipinski definition) is 1. The van der Waals surface area contributed by atoms with Gasteiger partial charge in [0.15, 0.2) is 0 Å². The zero-order valence-electron chi connectivity index (χ0n) is 6.39. The molecule has 0 saturated heterocycles. The first-order valence-corrected chi connectivity index (χ1v) is 4.53. The molecule has 10 heavy (non-hydrogen) atoms. The van der Waals surface area contributed by atoms with Crippen LogP contribution in [0.1, 0.15) is 39.0 Å². The molecule has 0 N–H and O–H groups in total. The van der Waals surface area contributed by atoms with E-state index in [1.54, 1.807) is 0 Å². The van der Waals surface area contributed by atoms with Gasteiger partial charge in [-0.25, -0.2) is 0 Å². The summed E-state index contributed by atoms with van der Waals surface area (Å²) in [6, 6.07) is 0. The van der Waals surface area contributed by atoms with Gasteiger partial charge in [-0.15, -0.1) is 0 Å². The molecule has 0 aromatic rings. The molecule has 0 unspecified atom stereocenters. The Balaban J connectivity index is 2.97.